The molecule has 2 bridgehead atoms. The highest BCUT2D eigenvalue weighted by molar-refractivity contribution is 5.32. The molecule has 74 valence electrons. The summed E-state index contributed by atoms with van der Waals surface area (Å²) in [6.45, 7) is 2.06. The van der Waals surface area contributed by atoms with Crippen molar-refractivity contribution in [2.45, 2.75) is 25.0 Å². The SMILES string of the molecule is c1ccc2c(c1)C[C@@H]1CCNC[C@H]2O1. The van der Waals surface area contributed by atoms with Gasteiger partial charge in [0, 0.05) is 6.54 Å². The first-order valence-electron chi connectivity index (χ1n) is 5.37. The standard InChI is InChI=1S/C12H15NO/c1-2-4-11-9(3-1)7-10-5-6-13-8-12(11)14-10/h1-4,10,12-13H,5-8H2/t10-,12+/m0/s1. The first-order chi connectivity index (χ1) is 6.93. The topological polar surface area (TPSA) is 21.3 Å². The Bertz CT molecular complexity index is 337. The fourth-order valence-electron chi connectivity index (χ4n) is 2.46. The summed E-state index contributed by atoms with van der Waals surface area (Å²) < 4.78 is 6.01. The molecule has 2 heteroatoms. The molecule has 1 aromatic carbocycles. The van der Waals surface area contributed by atoms with Gasteiger partial charge in [-0.25, -0.2) is 0 Å². The number of benzene rings is 1. The second-order valence-corrected chi connectivity index (χ2v) is 4.14. The summed E-state index contributed by atoms with van der Waals surface area (Å²) >= 11 is 0. The quantitative estimate of drug-likeness (QED) is 0.670. The van der Waals surface area contributed by atoms with Gasteiger partial charge in [-0.05, 0) is 30.5 Å². The molecule has 2 atom stereocenters. The van der Waals surface area contributed by atoms with Crippen molar-refractivity contribution in [3.63, 3.8) is 0 Å². The van der Waals surface area contributed by atoms with E-state index in [1.165, 1.54) is 11.1 Å². The van der Waals surface area contributed by atoms with Crippen molar-refractivity contribution in [2.24, 2.45) is 0 Å². The second kappa shape index (κ2) is 3.37. The van der Waals surface area contributed by atoms with Crippen LogP contribution in [0.2, 0.25) is 0 Å². The number of hydrogen-bond acceptors (Lipinski definition) is 2. The third-order valence-electron chi connectivity index (χ3n) is 3.18. The number of rotatable bonds is 0. The van der Waals surface area contributed by atoms with E-state index in [2.05, 4.69) is 29.6 Å². The van der Waals surface area contributed by atoms with E-state index in [-0.39, 0.29) is 6.10 Å². The zero-order valence-corrected chi connectivity index (χ0v) is 8.20. The maximum atomic E-state index is 6.01. The molecule has 0 saturated carbocycles. The van der Waals surface area contributed by atoms with Crippen LogP contribution in [-0.4, -0.2) is 19.2 Å². The van der Waals surface area contributed by atoms with Crippen molar-refractivity contribution in [2.75, 3.05) is 13.1 Å². The largest absolute Gasteiger partial charge is 0.369 e. The maximum absolute atomic E-state index is 6.01. The number of nitrogens with one attached hydrogen (secondary N) is 1. The minimum Gasteiger partial charge on any atom is -0.369 e. The van der Waals surface area contributed by atoms with Crippen LogP contribution in [0.5, 0.6) is 0 Å². The summed E-state index contributed by atoms with van der Waals surface area (Å²) in [5, 5.41) is 3.43. The van der Waals surface area contributed by atoms with E-state index in [9.17, 15) is 0 Å². The van der Waals surface area contributed by atoms with Crippen molar-refractivity contribution >= 4 is 0 Å². The molecule has 0 aromatic heterocycles. The summed E-state index contributed by atoms with van der Waals surface area (Å²) in [7, 11) is 0. The molecular formula is C12H15NO. The summed E-state index contributed by atoms with van der Waals surface area (Å²) in [6.07, 6.45) is 2.96. The van der Waals surface area contributed by atoms with Crippen LogP contribution in [0.3, 0.4) is 0 Å². The molecule has 2 heterocycles. The molecule has 14 heavy (non-hydrogen) atoms. The van der Waals surface area contributed by atoms with Gasteiger partial charge in [0.2, 0.25) is 0 Å². The van der Waals surface area contributed by atoms with Gasteiger partial charge in [0.25, 0.3) is 0 Å². The van der Waals surface area contributed by atoms with Crippen LogP contribution in [0, 0.1) is 0 Å². The van der Waals surface area contributed by atoms with Gasteiger partial charge < -0.3 is 10.1 Å². The molecule has 1 fully saturated rings. The van der Waals surface area contributed by atoms with Crippen LogP contribution in [-0.2, 0) is 11.2 Å². The Balaban J connectivity index is 2.01. The highest BCUT2D eigenvalue weighted by Crippen LogP contribution is 2.31. The number of hydrogen-bond donors (Lipinski definition) is 1. The molecule has 1 N–H and O–H groups in total. The van der Waals surface area contributed by atoms with Crippen LogP contribution in [0.1, 0.15) is 23.7 Å². The lowest BCUT2D eigenvalue weighted by molar-refractivity contribution is -0.0141. The van der Waals surface area contributed by atoms with Gasteiger partial charge in [0.15, 0.2) is 0 Å². The van der Waals surface area contributed by atoms with Gasteiger partial charge >= 0.3 is 0 Å². The molecule has 2 aliphatic rings. The average Bonchev–Trinajstić information content (AvgIpc) is 2.41. The predicted octanol–water partition coefficient (Wildman–Crippen LogP) is 1.66. The fourth-order valence-corrected chi connectivity index (χ4v) is 2.46. The van der Waals surface area contributed by atoms with Crippen LogP contribution in [0.15, 0.2) is 24.3 Å². The normalized spacial score (nSPS) is 30.6. The van der Waals surface area contributed by atoms with Crippen molar-refractivity contribution in [3.8, 4) is 0 Å². The van der Waals surface area contributed by atoms with E-state index < -0.39 is 0 Å². The molecule has 2 aliphatic heterocycles. The second-order valence-electron chi connectivity index (χ2n) is 4.14. The van der Waals surface area contributed by atoms with Gasteiger partial charge in [-0.2, -0.15) is 0 Å². The van der Waals surface area contributed by atoms with Crippen molar-refractivity contribution in [3.05, 3.63) is 35.4 Å². The third kappa shape index (κ3) is 1.35. The van der Waals surface area contributed by atoms with E-state index >= 15 is 0 Å². The summed E-state index contributed by atoms with van der Waals surface area (Å²) in [5.74, 6) is 0. The fraction of sp³-hybridized carbons (Fsp3) is 0.500. The minimum absolute atomic E-state index is 0.285. The van der Waals surface area contributed by atoms with E-state index in [0.29, 0.717) is 6.10 Å². The monoisotopic (exact) mass is 189 g/mol. The van der Waals surface area contributed by atoms with Crippen LogP contribution < -0.4 is 5.32 Å². The molecule has 3 rings (SSSR count). The zero-order valence-electron chi connectivity index (χ0n) is 8.20. The van der Waals surface area contributed by atoms with Gasteiger partial charge in [0.1, 0.15) is 0 Å². The molecule has 0 radical (unpaired) electrons. The Morgan fingerprint density at radius 2 is 2.21 bits per heavy atom. The van der Waals surface area contributed by atoms with Crippen molar-refractivity contribution < 1.29 is 4.74 Å². The highest BCUT2D eigenvalue weighted by Gasteiger charge is 2.28. The lowest BCUT2D eigenvalue weighted by Gasteiger charge is -2.29. The Morgan fingerprint density at radius 3 is 3.21 bits per heavy atom. The van der Waals surface area contributed by atoms with E-state index in [4.69, 9.17) is 4.74 Å². The van der Waals surface area contributed by atoms with Crippen LogP contribution in [0.25, 0.3) is 0 Å². The number of fused-ring (bicyclic) bond motifs is 4. The molecule has 1 aromatic rings. The van der Waals surface area contributed by atoms with Gasteiger partial charge in [0.05, 0.1) is 12.2 Å². The Kier molecular flexibility index (Phi) is 2.03. The van der Waals surface area contributed by atoms with E-state index in [1.807, 2.05) is 0 Å². The van der Waals surface area contributed by atoms with Gasteiger partial charge in [-0.1, -0.05) is 24.3 Å². The summed E-state index contributed by atoms with van der Waals surface area (Å²) in [6, 6.07) is 8.67. The van der Waals surface area contributed by atoms with Gasteiger partial charge in [-0.15, -0.1) is 0 Å². The number of ether oxygens (including phenoxy) is 1. The Hall–Kier alpha value is -0.860. The predicted molar refractivity (Wildman–Crippen MR) is 55.2 cm³/mol. The van der Waals surface area contributed by atoms with Crippen LogP contribution >= 0.6 is 0 Å². The lowest BCUT2D eigenvalue weighted by Crippen LogP contribution is -2.26. The molecule has 1 saturated heterocycles. The highest BCUT2D eigenvalue weighted by atomic mass is 16.5. The lowest BCUT2D eigenvalue weighted by atomic mass is 9.94. The average molecular weight is 189 g/mol. The van der Waals surface area contributed by atoms with Crippen molar-refractivity contribution in [1.29, 1.82) is 0 Å². The van der Waals surface area contributed by atoms with Gasteiger partial charge in [-0.3, -0.25) is 0 Å². The maximum Gasteiger partial charge on any atom is 0.0955 e. The summed E-state index contributed by atoms with van der Waals surface area (Å²) in [5.41, 5.74) is 2.87. The summed E-state index contributed by atoms with van der Waals surface area (Å²) in [4.78, 5) is 0. The van der Waals surface area contributed by atoms with E-state index in [1.54, 1.807) is 0 Å². The Labute approximate surface area is 84.3 Å². The zero-order chi connectivity index (χ0) is 9.38. The molecular weight excluding hydrogens is 174 g/mol. The smallest absolute Gasteiger partial charge is 0.0955 e. The molecule has 0 amide bonds. The Morgan fingerprint density at radius 1 is 1.29 bits per heavy atom. The molecule has 0 aliphatic carbocycles. The molecule has 0 unspecified atom stereocenters. The first-order valence-corrected chi connectivity index (χ1v) is 5.37. The minimum atomic E-state index is 0.285. The third-order valence-corrected chi connectivity index (χ3v) is 3.18. The van der Waals surface area contributed by atoms with Crippen molar-refractivity contribution in [1.82, 2.24) is 5.32 Å². The first kappa shape index (κ1) is 8.45. The van der Waals surface area contributed by atoms with Crippen LogP contribution in [0.4, 0.5) is 0 Å². The molecule has 0 spiro atoms. The molecule has 2 nitrogen and oxygen atoms in total. The van der Waals surface area contributed by atoms with E-state index in [0.717, 1.165) is 25.9 Å².